The summed E-state index contributed by atoms with van der Waals surface area (Å²) >= 11 is 2.28. The van der Waals surface area contributed by atoms with Gasteiger partial charge < -0.3 is 5.32 Å². The van der Waals surface area contributed by atoms with Crippen LogP contribution in [0.2, 0.25) is 0 Å². The van der Waals surface area contributed by atoms with Crippen molar-refractivity contribution in [1.29, 1.82) is 0 Å². The van der Waals surface area contributed by atoms with Crippen LogP contribution in [0, 0.1) is 9.39 Å². The minimum absolute atomic E-state index is 0.268. The highest BCUT2D eigenvalue weighted by Crippen LogP contribution is 2.35. The molecule has 0 amide bonds. The van der Waals surface area contributed by atoms with Gasteiger partial charge in [0.1, 0.15) is 17.3 Å². The van der Waals surface area contributed by atoms with Crippen LogP contribution in [0.15, 0.2) is 48.5 Å². The molecule has 5 heteroatoms. The SMILES string of the molecule is Fc1ccccc1-n1nc(-c2ccc(I)cc2)c2c1NCC2. The van der Waals surface area contributed by atoms with Gasteiger partial charge in [-0.25, -0.2) is 9.07 Å². The second kappa shape index (κ2) is 5.39. The minimum atomic E-state index is -0.268. The van der Waals surface area contributed by atoms with E-state index in [1.54, 1.807) is 16.8 Å². The molecule has 0 aliphatic carbocycles. The lowest BCUT2D eigenvalue weighted by Crippen LogP contribution is -2.05. The summed E-state index contributed by atoms with van der Waals surface area (Å²) in [6, 6.07) is 15.0. The lowest BCUT2D eigenvalue weighted by molar-refractivity contribution is 0.612. The molecule has 0 unspecified atom stereocenters. The summed E-state index contributed by atoms with van der Waals surface area (Å²) in [5.41, 5.74) is 3.63. The molecule has 0 radical (unpaired) electrons. The number of para-hydroxylation sites is 1. The number of benzene rings is 2. The van der Waals surface area contributed by atoms with Crippen LogP contribution >= 0.6 is 22.6 Å². The first-order valence-electron chi connectivity index (χ1n) is 7.10. The van der Waals surface area contributed by atoms with Crippen LogP contribution in [0.25, 0.3) is 16.9 Å². The van der Waals surface area contributed by atoms with Crippen LogP contribution in [0.5, 0.6) is 0 Å². The number of anilines is 1. The third-order valence-corrected chi connectivity index (χ3v) is 4.57. The summed E-state index contributed by atoms with van der Waals surface area (Å²) in [5, 5.41) is 8.00. The highest BCUT2D eigenvalue weighted by Gasteiger charge is 2.24. The van der Waals surface area contributed by atoms with Gasteiger partial charge in [-0.3, -0.25) is 0 Å². The molecule has 0 saturated heterocycles. The fourth-order valence-corrected chi connectivity index (χ4v) is 3.17. The molecule has 3 aromatic rings. The van der Waals surface area contributed by atoms with Gasteiger partial charge in [0.15, 0.2) is 0 Å². The molecular weight excluding hydrogens is 392 g/mol. The Kier molecular flexibility index (Phi) is 3.37. The van der Waals surface area contributed by atoms with Gasteiger partial charge in [-0.05, 0) is 53.3 Å². The van der Waals surface area contributed by atoms with Gasteiger partial charge in [-0.1, -0.05) is 24.3 Å². The average molecular weight is 405 g/mol. The van der Waals surface area contributed by atoms with Crippen molar-refractivity contribution in [3.05, 3.63) is 63.5 Å². The smallest absolute Gasteiger partial charge is 0.148 e. The molecule has 1 aromatic heterocycles. The second-order valence-electron chi connectivity index (χ2n) is 5.22. The summed E-state index contributed by atoms with van der Waals surface area (Å²) in [4.78, 5) is 0. The Balaban J connectivity index is 1.90. The Hall–Kier alpha value is -1.89. The molecule has 0 spiro atoms. The Morgan fingerprint density at radius 3 is 2.64 bits per heavy atom. The van der Waals surface area contributed by atoms with Crippen LogP contribution < -0.4 is 5.32 Å². The van der Waals surface area contributed by atoms with Crippen molar-refractivity contribution < 1.29 is 4.39 Å². The molecule has 0 fully saturated rings. The maximum atomic E-state index is 14.1. The van der Waals surface area contributed by atoms with Gasteiger partial charge in [-0.15, -0.1) is 0 Å². The molecule has 0 bridgehead atoms. The molecule has 2 aromatic carbocycles. The highest BCUT2D eigenvalue weighted by atomic mass is 127. The molecule has 110 valence electrons. The van der Waals surface area contributed by atoms with E-state index in [1.807, 2.05) is 6.07 Å². The molecule has 3 nitrogen and oxygen atoms in total. The monoisotopic (exact) mass is 405 g/mol. The number of hydrogen-bond donors (Lipinski definition) is 1. The van der Waals surface area contributed by atoms with E-state index in [9.17, 15) is 4.39 Å². The summed E-state index contributed by atoms with van der Waals surface area (Å²) in [6.07, 6.45) is 0.908. The van der Waals surface area contributed by atoms with Gasteiger partial charge in [0, 0.05) is 21.2 Å². The first-order chi connectivity index (χ1) is 10.7. The van der Waals surface area contributed by atoms with Crippen molar-refractivity contribution in [3.63, 3.8) is 0 Å². The molecule has 0 saturated carbocycles. The highest BCUT2D eigenvalue weighted by molar-refractivity contribution is 14.1. The first kappa shape index (κ1) is 13.8. The fourth-order valence-electron chi connectivity index (χ4n) is 2.81. The van der Waals surface area contributed by atoms with Gasteiger partial charge in [0.2, 0.25) is 0 Å². The number of nitrogens with zero attached hydrogens (tertiary/aromatic N) is 2. The molecule has 4 rings (SSSR count). The van der Waals surface area contributed by atoms with Crippen LogP contribution in [0.4, 0.5) is 10.2 Å². The zero-order valence-corrected chi connectivity index (χ0v) is 13.8. The van der Waals surface area contributed by atoms with E-state index in [2.05, 4.69) is 57.3 Å². The lowest BCUT2D eigenvalue weighted by Gasteiger charge is -2.07. The summed E-state index contributed by atoms with van der Waals surface area (Å²) < 4.78 is 17.0. The van der Waals surface area contributed by atoms with E-state index in [4.69, 9.17) is 0 Å². The number of rotatable bonds is 2. The number of fused-ring (bicyclic) bond motifs is 1. The second-order valence-corrected chi connectivity index (χ2v) is 6.47. The third-order valence-electron chi connectivity index (χ3n) is 3.85. The quantitative estimate of drug-likeness (QED) is 0.647. The van der Waals surface area contributed by atoms with Crippen molar-refractivity contribution >= 4 is 28.4 Å². The summed E-state index contributed by atoms with van der Waals surface area (Å²) in [5.74, 6) is 0.634. The standard InChI is InChI=1S/C17H13FIN3/c18-14-3-1-2-4-15(14)22-17-13(9-10-20-17)16(21-22)11-5-7-12(19)8-6-11/h1-8,20H,9-10H2. The van der Waals surface area contributed by atoms with E-state index in [1.165, 1.54) is 9.64 Å². The average Bonchev–Trinajstić information content (AvgIpc) is 3.11. The number of aromatic nitrogens is 2. The predicted molar refractivity (Wildman–Crippen MR) is 93.9 cm³/mol. The number of nitrogens with one attached hydrogen (secondary N) is 1. The minimum Gasteiger partial charge on any atom is -0.369 e. The Morgan fingerprint density at radius 2 is 1.86 bits per heavy atom. The van der Waals surface area contributed by atoms with Gasteiger partial charge in [-0.2, -0.15) is 5.10 Å². The van der Waals surface area contributed by atoms with Crippen LogP contribution in [0.3, 0.4) is 0 Å². The van der Waals surface area contributed by atoms with E-state index >= 15 is 0 Å². The summed E-state index contributed by atoms with van der Waals surface area (Å²) in [7, 11) is 0. The predicted octanol–water partition coefficient (Wildman–Crippen LogP) is 4.25. The number of hydrogen-bond acceptors (Lipinski definition) is 2. The molecule has 1 aliphatic rings. The van der Waals surface area contributed by atoms with Crippen LogP contribution in [-0.4, -0.2) is 16.3 Å². The topological polar surface area (TPSA) is 29.9 Å². The van der Waals surface area contributed by atoms with E-state index in [-0.39, 0.29) is 5.82 Å². The van der Waals surface area contributed by atoms with E-state index < -0.39 is 0 Å². The van der Waals surface area contributed by atoms with E-state index in [0.717, 1.165) is 35.6 Å². The zero-order chi connectivity index (χ0) is 15.1. The lowest BCUT2D eigenvalue weighted by atomic mass is 10.1. The largest absolute Gasteiger partial charge is 0.369 e. The van der Waals surface area contributed by atoms with Crippen molar-refractivity contribution in [2.75, 3.05) is 11.9 Å². The molecule has 2 heterocycles. The molecule has 1 aliphatic heterocycles. The zero-order valence-electron chi connectivity index (χ0n) is 11.7. The van der Waals surface area contributed by atoms with Gasteiger partial charge in [0.05, 0.1) is 5.69 Å². The van der Waals surface area contributed by atoms with Gasteiger partial charge >= 0.3 is 0 Å². The number of halogens is 2. The maximum Gasteiger partial charge on any atom is 0.148 e. The first-order valence-corrected chi connectivity index (χ1v) is 8.18. The van der Waals surface area contributed by atoms with Gasteiger partial charge in [0.25, 0.3) is 0 Å². The molecule has 0 atom stereocenters. The van der Waals surface area contributed by atoms with Crippen molar-refractivity contribution in [2.45, 2.75) is 6.42 Å². The van der Waals surface area contributed by atoms with Crippen molar-refractivity contribution in [3.8, 4) is 16.9 Å². The van der Waals surface area contributed by atoms with Crippen LogP contribution in [-0.2, 0) is 6.42 Å². The Bertz CT molecular complexity index is 840. The maximum absolute atomic E-state index is 14.1. The van der Waals surface area contributed by atoms with Crippen molar-refractivity contribution in [1.82, 2.24) is 9.78 Å². The van der Waals surface area contributed by atoms with Crippen molar-refractivity contribution in [2.24, 2.45) is 0 Å². The summed E-state index contributed by atoms with van der Waals surface area (Å²) in [6.45, 7) is 0.860. The fraction of sp³-hybridized carbons (Fsp3) is 0.118. The third kappa shape index (κ3) is 2.20. The molecule has 1 N–H and O–H groups in total. The van der Waals surface area contributed by atoms with Crippen LogP contribution in [0.1, 0.15) is 5.56 Å². The Labute approximate surface area is 141 Å². The normalized spacial score (nSPS) is 13.0. The molecule has 22 heavy (non-hydrogen) atoms. The Morgan fingerprint density at radius 1 is 1.09 bits per heavy atom. The van der Waals surface area contributed by atoms with E-state index in [0.29, 0.717) is 5.69 Å². The molecular formula is C17H13FIN3.